The molecule has 0 bridgehead atoms. The van der Waals surface area contributed by atoms with E-state index < -0.39 is 0 Å². The number of pyridine rings is 1. The van der Waals surface area contributed by atoms with Gasteiger partial charge in [0.05, 0.1) is 16.6 Å². The van der Waals surface area contributed by atoms with E-state index in [1.54, 1.807) is 34.7 Å². The third kappa shape index (κ3) is 1.41. The van der Waals surface area contributed by atoms with Crippen LogP contribution in [0.15, 0.2) is 36.4 Å². The van der Waals surface area contributed by atoms with E-state index in [1.807, 2.05) is 0 Å². The molecule has 3 aromatic heterocycles. The lowest BCUT2D eigenvalue weighted by atomic mass is 10.2. The maximum atomic E-state index is 13.9. The molecule has 0 atom stereocenters. The van der Waals surface area contributed by atoms with E-state index in [0.717, 1.165) is 0 Å². The number of nitrogens with two attached hydrogens (primary N) is 1. The molecule has 0 spiro atoms. The number of benzene rings is 1. The Balaban J connectivity index is 2.35. The summed E-state index contributed by atoms with van der Waals surface area (Å²) in [5.74, 6) is -0.0157. The minimum absolute atomic E-state index is 0.289. The Bertz CT molecular complexity index is 993. The van der Waals surface area contributed by atoms with E-state index in [0.29, 0.717) is 32.6 Å². The first-order valence-electron chi connectivity index (χ1n) is 5.96. The topological polar surface area (TPSA) is 56.2 Å². The maximum absolute atomic E-state index is 13.9. The zero-order valence-electron chi connectivity index (χ0n) is 10.1. The average molecular weight is 287 g/mol. The Hall–Kier alpha value is -2.40. The Kier molecular flexibility index (Phi) is 2.17. The summed E-state index contributed by atoms with van der Waals surface area (Å²) in [7, 11) is 0. The van der Waals surface area contributed by atoms with E-state index in [1.165, 1.54) is 6.07 Å². The molecule has 0 amide bonds. The van der Waals surface area contributed by atoms with Crippen molar-refractivity contribution >= 4 is 45.0 Å². The van der Waals surface area contributed by atoms with Gasteiger partial charge in [-0.2, -0.15) is 0 Å². The Morgan fingerprint density at radius 1 is 1.10 bits per heavy atom. The molecule has 2 N–H and O–H groups in total. The van der Waals surface area contributed by atoms with Crippen LogP contribution in [0.3, 0.4) is 0 Å². The fraction of sp³-hybridized carbons (Fsp3) is 0. The zero-order chi connectivity index (χ0) is 13.9. The van der Waals surface area contributed by atoms with Crippen LogP contribution < -0.4 is 5.73 Å². The monoisotopic (exact) mass is 286 g/mol. The largest absolute Gasteiger partial charge is 0.369 e. The highest BCUT2D eigenvalue weighted by Gasteiger charge is 2.13. The summed E-state index contributed by atoms with van der Waals surface area (Å²) < 4.78 is 15.6. The van der Waals surface area contributed by atoms with Crippen LogP contribution >= 0.6 is 11.6 Å². The average Bonchev–Trinajstić information content (AvgIpc) is 2.82. The van der Waals surface area contributed by atoms with Crippen molar-refractivity contribution in [3.8, 4) is 0 Å². The van der Waals surface area contributed by atoms with Crippen LogP contribution in [0, 0.1) is 5.82 Å². The number of fused-ring (bicyclic) bond motifs is 5. The normalized spacial score (nSPS) is 11.7. The Morgan fingerprint density at radius 2 is 1.95 bits per heavy atom. The molecule has 0 saturated carbocycles. The van der Waals surface area contributed by atoms with Gasteiger partial charge >= 0.3 is 0 Å². The van der Waals surface area contributed by atoms with E-state index in [-0.39, 0.29) is 11.8 Å². The van der Waals surface area contributed by atoms with Crippen molar-refractivity contribution in [2.24, 2.45) is 0 Å². The molecular formula is C14H8ClFN4. The summed E-state index contributed by atoms with van der Waals surface area (Å²) in [6.45, 7) is 0. The molecule has 0 aliphatic heterocycles. The molecule has 0 saturated heterocycles. The molecule has 1 aromatic carbocycles. The van der Waals surface area contributed by atoms with Crippen molar-refractivity contribution in [1.29, 1.82) is 0 Å². The standard InChI is InChI=1S/C14H8ClFN4/c15-12-5-4-9-13(19-12)11-6-7-8(16)2-1-3-10(7)20(11)14(17)18-9/h1-6H,(H2,17,18). The van der Waals surface area contributed by atoms with E-state index in [9.17, 15) is 4.39 Å². The van der Waals surface area contributed by atoms with Crippen LogP contribution in [0.4, 0.5) is 10.3 Å². The number of rotatable bonds is 0. The molecule has 4 aromatic rings. The minimum atomic E-state index is -0.305. The number of aromatic nitrogens is 3. The smallest absolute Gasteiger partial charge is 0.205 e. The van der Waals surface area contributed by atoms with Crippen molar-refractivity contribution in [3.63, 3.8) is 0 Å². The van der Waals surface area contributed by atoms with Crippen molar-refractivity contribution in [1.82, 2.24) is 14.4 Å². The number of halogens is 2. The number of nitrogen functional groups attached to an aromatic ring is 1. The predicted molar refractivity (Wildman–Crippen MR) is 77.4 cm³/mol. The molecule has 0 aliphatic carbocycles. The molecule has 0 radical (unpaired) electrons. The molecule has 6 heteroatoms. The van der Waals surface area contributed by atoms with Crippen LogP contribution in [0.1, 0.15) is 0 Å². The fourth-order valence-electron chi connectivity index (χ4n) is 2.50. The van der Waals surface area contributed by atoms with Crippen molar-refractivity contribution in [2.75, 3.05) is 5.73 Å². The molecule has 0 unspecified atom stereocenters. The summed E-state index contributed by atoms with van der Waals surface area (Å²) in [5, 5.41) is 0.840. The van der Waals surface area contributed by atoms with E-state index in [2.05, 4.69) is 9.97 Å². The number of anilines is 1. The van der Waals surface area contributed by atoms with Crippen LogP contribution in [0.2, 0.25) is 5.15 Å². The van der Waals surface area contributed by atoms with Gasteiger partial charge in [-0.25, -0.2) is 14.4 Å². The molecule has 98 valence electrons. The summed E-state index contributed by atoms with van der Waals surface area (Å²) in [4.78, 5) is 8.57. The summed E-state index contributed by atoms with van der Waals surface area (Å²) >= 11 is 5.94. The van der Waals surface area contributed by atoms with Gasteiger partial charge in [0.15, 0.2) is 0 Å². The second-order valence-electron chi connectivity index (χ2n) is 4.51. The van der Waals surface area contributed by atoms with Crippen molar-refractivity contribution < 1.29 is 4.39 Å². The van der Waals surface area contributed by atoms with Crippen molar-refractivity contribution in [3.05, 3.63) is 47.4 Å². The lowest BCUT2D eigenvalue weighted by Gasteiger charge is -2.05. The lowest BCUT2D eigenvalue weighted by Crippen LogP contribution is -2.01. The Labute approximate surface area is 117 Å². The van der Waals surface area contributed by atoms with Crippen LogP contribution in [-0.4, -0.2) is 14.4 Å². The highest BCUT2D eigenvalue weighted by atomic mass is 35.5. The van der Waals surface area contributed by atoms with Gasteiger partial charge in [0.25, 0.3) is 0 Å². The minimum Gasteiger partial charge on any atom is -0.369 e. The number of hydrogen-bond donors (Lipinski definition) is 1. The molecule has 4 rings (SSSR count). The van der Waals surface area contributed by atoms with Gasteiger partial charge < -0.3 is 5.73 Å². The van der Waals surface area contributed by atoms with Crippen molar-refractivity contribution in [2.45, 2.75) is 0 Å². The lowest BCUT2D eigenvalue weighted by molar-refractivity contribution is 0.640. The second-order valence-corrected chi connectivity index (χ2v) is 4.90. The van der Waals surface area contributed by atoms with Gasteiger partial charge in [0.1, 0.15) is 16.5 Å². The Morgan fingerprint density at radius 3 is 2.80 bits per heavy atom. The number of hydrogen-bond acceptors (Lipinski definition) is 3. The maximum Gasteiger partial charge on any atom is 0.205 e. The summed E-state index contributed by atoms with van der Waals surface area (Å²) in [6.07, 6.45) is 0. The second kappa shape index (κ2) is 3.80. The first-order chi connectivity index (χ1) is 9.65. The molecule has 20 heavy (non-hydrogen) atoms. The third-order valence-corrected chi connectivity index (χ3v) is 3.55. The zero-order valence-corrected chi connectivity index (χ0v) is 10.9. The van der Waals surface area contributed by atoms with Crippen LogP contribution in [-0.2, 0) is 0 Å². The highest BCUT2D eigenvalue weighted by molar-refractivity contribution is 6.30. The number of nitrogens with zero attached hydrogens (tertiary/aromatic N) is 3. The summed E-state index contributed by atoms with van der Waals surface area (Å²) in [6, 6.07) is 9.95. The van der Waals surface area contributed by atoms with Gasteiger partial charge in [-0.3, -0.25) is 4.40 Å². The van der Waals surface area contributed by atoms with E-state index in [4.69, 9.17) is 17.3 Å². The van der Waals surface area contributed by atoms with Gasteiger partial charge in [-0.05, 0) is 30.3 Å². The third-order valence-electron chi connectivity index (χ3n) is 3.34. The molecule has 3 heterocycles. The fourth-order valence-corrected chi connectivity index (χ4v) is 2.64. The van der Waals surface area contributed by atoms with E-state index >= 15 is 0 Å². The first kappa shape index (κ1) is 11.4. The van der Waals surface area contributed by atoms with Gasteiger partial charge in [0.2, 0.25) is 5.95 Å². The molecule has 4 nitrogen and oxygen atoms in total. The quantitative estimate of drug-likeness (QED) is 0.504. The van der Waals surface area contributed by atoms with Gasteiger partial charge in [-0.1, -0.05) is 17.7 Å². The van der Waals surface area contributed by atoms with Crippen LogP contribution in [0.5, 0.6) is 0 Å². The van der Waals surface area contributed by atoms with Gasteiger partial charge in [-0.15, -0.1) is 0 Å². The predicted octanol–water partition coefficient (Wildman–Crippen LogP) is 3.41. The van der Waals surface area contributed by atoms with Gasteiger partial charge in [0, 0.05) is 5.39 Å². The SMILES string of the molecule is Nc1nc2ccc(Cl)nc2c2cc3c(F)cccc3n12. The molecule has 0 aliphatic rings. The first-order valence-corrected chi connectivity index (χ1v) is 6.34. The summed E-state index contributed by atoms with van der Waals surface area (Å²) in [5.41, 5.74) is 8.57. The molecular weight excluding hydrogens is 279 g/mol. The molecule has 0 fully saturated rings. The van der Waals surface area contributed by atoms with Crippen LogP contribution in [0.25, 0.3) is 27.5 Å². The highest BCUT2D eigenvalue weighted by Crippen LogP contribution is 2.29.